The van der Waals surface area contributed by atoms with E-state index in [1.165, 1.54) is 0 Å². The lowest BCUT2D eigenvalue weighted by molar-refractivity contribution is -0.259. The number of alkyl halides is 2. The zero-order valence-electron chi connectivity index (χ0n) is 10.4. The van der Waals surface area contributed by atoms with Crippen molar-refractivity contribution in [3.05, 3.63) is 0 Å². The van der Waals surface area contributed by atoms with Gasteiger partial charge in [0.15, 0.2) is 5.17 Å². The Kier molecular flexibility index (Phi) is 4.67. The third-order valence-electron chi connectivity index (χ3n) is 3.04. The Bertz CT molecular complexity index is 497. The summed E-state index contributed by atoms with van der Waals surface area (Å²) in [6.45, 7) is -0.343. The number of thioether (sulfide) groups is 1. The van der Waals surface area contributed by atoms with E-state index in [1.54, 1.807) is 0 Å². The summed E-state index contributed by atoms with van der Waals surface area (Å²) in [4.78, 5) is 15.5. The maximum atomic E-state index is 12.7. The minimum Gasteiger partial charge on any atom is -0.530 e. The van der Waals surface area contributed by atoms with E-state index < -0.39 is 42.3 Å². The van der Waals surface area contributed by atoms with Gasteiger partial charge in [0, 0.05) is 0 Å². The summed E-state index contributed by atoms with van der Waals surface area (Å²) in [5.74, 6) is 2.09. The number of aliphatic hydroxyl groups is 2. The van der Waals surface area contributed by atoms with Gasteiger partial charge in [0.2, 0.25) is 0 Å². The van der Waals surface area contributed by atoms with Crippen molar-refractivity contribution in [2.45, 2.75) is 36.2 Å². The fourth-order valence-corrected chi connectivity index (χ4v) is 3.21. The molecule has 1 fully saturated rings. The number of carboxylic acid groups (broad SMARTS) is 1. The van der Waals surface area contributed by atoms with Gasteiger partial charge in [0.1, 0.15) is 35.9 Å². The molecule has 2 aliphatic rings. The molecule has 2 N–H and O–H groups in total. The van der Waals surface area contributed by atoms with Crippen LogP contribution < -0.4 is 5.11 Å². The Morgan fingerprint density at radius 3 is 2.76 bits per heavy atom. The molecule has 0 aromatic heterocycles. The molecule has 0 spiro atoms. The van der Waals surface area contributed by atoms with Crippen molar-refractivity contribution in [3.8, 4) is 12.3 Å². The number of hydrogen-bond donors (Lipinski definition) is 2. The van der Waals surface area contributed by atoms with Gasteiger partial charge in [-0.2, -0.15) is 0 Å². The van der Waals surface area contributed by atoms with Crippen LogP contribution in [0.1, 0.15) is 0 Å². The lowest BCUT2D eigenvalue weighted by atomic mass is 9.98. The Morgan fingerprint density at radius 2 is 2.24 bits per heavy atom. The highest BCUT2D eigenvalue weighted by Gasteiger charge is 2.51. The molecule has 2 aliphatic heterocycles. The normalized spacial score (nSPS) is 35.0. The summed E-state index contributed by atoms with van der Waals surface area (Å²) in [5, 5.41) is 30.2. The number of carbonyl (C=O) groups excluding carboxylic acids is 1. The molecule has 116 valence electrons. The first-order valence-electron chi connectivity index (χ1n) is 5.83. The summed E-state index contributed by atoms with van der Waals surface area (Å²) in [6.07, 6.45) is -4.87. The molecule has 1 saturated heterocycles. The number of rotatable bonds is 2. The molecular weight excluding hydrogens is 310 g/mol. The number of ether oxygens (including phenoxy) is 1. The summed E-state index contributed by atoms with van der Waals surface area (Å²) >= 11 is 0.731. The van der Waals surface area contributed by atoms with E-state index in [4.69, 9.17) is 11.2 Å². The van der Waals surface area contributed by atoms with Crippen molar-refractivity contribution in [1.29, 1.82) is 0 Å². The van der Waals surface area contributed by atoms with Crippen LogP contribution in [0.3, 0.4) is 0 Å². The number of aliphatic imine (C=N–C) groups is 1. The van der Waals surface area contributed by atoms with Crippen LogP contribution in [0, 0.1) is 12.3 Å². The Hall–Kier alpha value is -1.41. The highest BCUT2D eigenvalue weighted by atomic mass is 32.2. The molecule has 1 amide bonds. The SMILES string of the molecule is C#CCN(C(=O)[O-])C1=N[C@@H]2[C@@H](O)[C@H](O)[C@@H](C(F)F)O[C@@H]2S1. The molecular formula is C11H11F2N2O5S-. The van der Waals surface area contributed by atoms with Crippen molar-refractivity contribution >= 4 is 23.0 Å². The number of amidine groups is 1. The Labute approximate surface area is 122 Å². The molecule has 2 rings (SSSR count). The van der Waals surface area contributed by atoms with Crippen molar-refractivity contribution in [1.82, 2.24) is 4.90 Å². The molecule has 0 aliphatic carbocycles. The minimum atomic E-state index is -3.00. The highest BCUT2D eigenvalue weighted by molar-refractivity contribution is 8.14. The number of fused-ring (bicyclic) bond motifs is 1. The maximum Gasteiger partial charge on any atom is 0.267 e. The van der Waals surface area contributed by atoms with Crippen LogP contribution in [0.5, 0.6) is 0 Å². The molecule has 5 atom stereocenters. The van der Waals surface area contributed by atoms with Crippen LogP contribution in [0.25, 0.3) is 0 Å². The largest absolute Gasteiger partial charge is 0.530 e. The van der Waals surface area contributed by atoms with E-state index in [2.05, 4.69) is 10.9 Å². The van der Waals surface area contributed by atoms with E-state index >= 15 is 0 Å². The van der Waals surface area contributed by atoms with Gasteiger partial charge >= 0.3 is 0 Å². The summed E-state index contributed by atoms with van der Waals surface area (Å²) in [7, 11) is 0. The topological polar surface area (TPSA) is 105 Å². The average molecular weight is 321 g/mol. The van der Waals surface area contributed by atoms with Gasteiger partial charge in [-0.1, -0.05) is 17.7 Å². The second-order valence-corrected chi connectivity index (χ2v) is 5.43. The predicted molar refractivity (Wildman–Crippen MR) is 66.4 cm³/mol. The molecule has 0 unspecified atom stereocenters. The fraction of sp³-hybridized carbons (Fsp3) is 0.636. The van der Waals surface area contributed by atoms with Crippen molar-refractivity contribution in [2.75, 3.05) is 6.54 Å². The van der Waals surface area contributed by atoms with Crippen molar-refractivity contribution < 1.29 is 33.6 Å². The number of aliphatic hydroxyl groups excluding tert-OH is 2. The lowest BCUT2D eigenvalue weighted by Crippen LogP contribution is -2.56. The number of amides is 1. The Balaban J connectivity index is 2.19. The van der Waals surface area contributed by atoms with Crippen LogP contribution in [0.2, 0.25) is 0 Å². The van der Waals surface area contributed by atoms with E-state index in [9.17, 15) is 28.9 Å². The summed E-state index contributed by atoms with van der Waals surface area (Å²) in [6, 6.07) is -1.06. The monoisotopic (exact) mass is 321 g/mol. The lowest BCUT2D eigenvalue weighted by Gasteiger charge is -2.37. The summed E-state index contributed by atoms with van der Waals surface area (Å²) < 4.78 is 30.4. The number of terminal acetylenes is 1. The number of hydrogen-bond acceptors (Lipinski definition) is 7. The molecule has 0 aromatic rings. The quantitative estimate of drug-likeness (QED) is 0.597. The summed E-state index contributed by atoms with van der Waals surface area (Å²) in [5.41, 5.74) is -1.03. The van der Waals surface area contributed by atoms with Gasteiger partial charge < -0.3 is 24.9 Å². The van der Waals surface area contributed by atoms with E-state index in [-0.39, 0.29) is 11.7 Å². The zero-order valence-corrected chi connectivity index (χ0v) is 11.2. The van der Waals surface area contributed by atoms with Crippen molar-refractivity contribution in [2.24, 2.45) is 4.99 Å². The third-order valence-corrected chi connectivity index (χ3v) is 4.20. The van der Waals surface area contributed by atoms with Gasteiger partial charge in [-0.15, -0.1) is 6.42 Å². The molecule has 7 nitrogen and oxygen atoms in total. The predicted octanol–water partition coefficient (Wildman–Crippen LogP) is -1.55. The van der Waals surface area contributed by atoms with Gasteiger partial charge in [-0.3, -0.25) is 9.89 Å². The first-order valence-corrected chi connectivity index (χ1v) is 6.71. The standard InChI is InChI=1S/C11H12F2N2O5S/c1-2-3-15(11(18)19)10-14-4-5(16)6(17)7(8(12)13)20-9(4)21-10/h1,4-9,16-17H,3H2,(H,18,19)/p-1/t4-,5-,6+,7+,9-/m1/s1. The van der Waals surface area contributed by atoms with Gasteiger partial charge in [0.25, 0.3) is 6.43 Å². The molecule has 0 aromatic carbocycles. The van der Waals surface area contributed by atoms with Crippen LogP contribution in [-0.4, -0.2) is 69.1 Å². The molecule has 0 bridgehead atoms. The van der Waals surface area contributed by atoms with E-state index in [0.29, 0.717) is 4.90 Å². The van der Waals surface area contributed by atoms with Crippen molar-refractivity contribution in [3.63, 3.8) is 0 Å². The zero-order chi connectivity index (χ0) is 15.7. The minimum absolute atomic E-state index is 0.121. The number of carbonyl (C=O) groups is 1. The van der Waals surface area contributed by atoms with Crippen LogP contribution in [0.4, 0.5) is 13.6 Å². The van der Waals surface area contributed by atoms with E-state index in [0.717, 1.165) is 11.8 Å². The molecule has 0 saturated carbocycles. The number of nitrogens with zero attached hydrogens (tertiary/aromatic N) is 2. The second kappa shape index (κ2) is 6.15. The van der Waals surface area contributed by atoms with Crippen LogP contribution in [0.15, 0.2) is 4.99 Å². The molecule has 10 heteroatoms. The first-order chi connectivity index (χ1) is 9.86. The maximum absolute atomic E-state index is 12.7. The van der Waals surface area contributed by atoms with E-state index in [1.807, 2.05) is 0 Å². The van der Waals surface area contributed by atoms with Crippen LogP contribution >= 0.6 is 11.8 Å². The third kappa shape index (κ3) is 2.96. The van der Waals surface area contributed by atoms with Gasteiger partial charge in [-0.25, -0.2) is 8.78 Å². The smallest absolute Gasteiger partial charge is 0.267 e. The van der Waals surface area contributed by atoms with Gasteiger partial charge in [-0.05, 0) is 0 Å². The van der Waals surface area contributed by atoms with Crippen LogP contribution in [-0.2, 0) is 4.74 Å². The average Bonchev–Trinajstić information content (AvgIpc) is 2.83. The molecule has 0 radical (unpaired) electrons. The fourth-order valence-electron chi connectivity index (χ4n) is 2.01. The molecule has 21 heavy (non-hydrogen) atoms. The Morgan fingerprint density at radius 1 is 1.57 bits per heavy atom. The first kappa shape index (κ1) is 16.0. The van der Waals surface area contributed by atoms with Gasteiger partial charge in [0.05, 0.1) is 6.54 Å². The highest BCUT2D eigenvalue weighted by Crippen LogP contribution is 2.38. The molecule has 2 heterocycles. The second-order valence-electron chi connectivity index (χ2n) is 4.36. The number of halogens is 2.